The van der Waals surface area contributed by atoms with Crippen molar-refractivity contribution in [1.82, 2.24) is 4.98 Å². The molecule has 0 spiro atoms. The number of esters is 1. The summed E-state index contributed by atoms with van der Waals surface area (Å²) in [6.45, 7) is 0.104. The highest BCUT2D eigenvalue weighted by Gasteiger charge is 2.47. The maximum Gasteiger partial charge on any atom is 0.316 e. The molecule has 0 aliphatic heterocycles. The first-order valence-corrected chi connectivity index (χ1v) is 9.03. The molecule has 0 unspecified atom stereocenters. The predicted molar refractivity (Wildman–Crippen MR) is 100 cm³/mol. The lowest BCUT2D eigenvalue weighted by atomic mass is 9.64. The zero-order valence-electron chi connectivity index (χ0n) is 15.2. The van der Waals surface area contributed by atoms with Gasteiger partial charge >= 0.3 is 5.97 Å². The molecule has 5 nitrogen and oxygen atoms in total. The van der Waals surface area contributed by atoms with E-state index in [2.05, 4.69) is 4.98 Å². The Balaban J connectivity index is 1.43. The molecule has 1 aromatic heterocycles. The maximum atomic E-state index is 12.8. The van der Waals surface area contributed by atoms with E-state index in [9.17, 15) is 4.79 Å². The monoisotopic (exact) mass is 363 g/mol. The lowest BCUT2D eigenvalue weighted by Crippen LogP contribution is -2.43. The molecule has 1 aliphatic rings. The van der Waals surface area contributed by atoms with Crippen molar-refractivity contribution < 1.29 is 18.7 Å². The van der Waals surface area contributed by atoms with Crippen molar-refractivity contribution in [3.63, 3.8) is 0 Å². The van der Waals surface area contributed by atoms with Crippen molar-refractivity contribution >= 4 is 5.97 Å². The van der Waals surface area contributed by atoms with Gasteiger partial charge in [-0.25, -0.2) is 4.98 Å². The highest BCUT2D eigenvalue weighted by atomic mass is 16.5. The molecule has 1 saturated carbocycles. The fourth-order valence-electron chi connectivity index (χ4n) is 3.42. The van der Waals surface area contributed by atoms with E-state index in [0.717, 1.165) is 36.1 Å². The summed E-state index contributed by atoms with van der Waals surface area (Å²) < 4.78 is 16.3. The molecule has 1 aliphatic carbocycles. The van der Waals surface area contributed by atoms with Crippen LogP contribution in [0.2, 0.25) is 0 Å². The average Bonchev–Trinajstić information content (AvgIpc) is 3.15. The molecule has 2 aromatic carbocycles. The molecule has 1 fully saturated rings. The third kappa shape index (κ3) is 3.33. The Morgan fingerprint density at radius 1 is 1.11 bits per heavy atom. The Hall–Kier alpha value is -3.08. The van der Waals surface area contributed by atoms with Crippen LogP contribution in [0.5, 0.6) is 5.75 Å². The zero-order valence-corrected chi connectivity index (χ0v) is 15.2. The van der Waals surface area contributed by atoms with Crippen LogP contribution in [0.3, 0.4) is 0 Å². The van der Waals surface area contributed by atoms with Gasteiger partial charge in [0.25, 0.3) is 0 Å². The van der Waals surface area contributed by atoms with Gasteiger partial charge in [-0.05, 0) is 42.7 Å². The van der Waals surface area contributed by atoms with Gasteiger partial charge in [-0.1, -0.05) is 36.8 Å². The van der Waals surface area contributed by atoms with Crippen LogP contribution < -0.4 is 4.74 Å². The van der Waals surface area contributed by atoms with Crippen molar-refractivity contribution in [3.05, 3.63) is 72.1 Å². The maximum absolute atomic E-state index is 12.8. The van der Waals surface area contributed by atoms with Crippen LogP contribution in [0.4, 0.5) is 0 Å². The summed E-state index contributed by atoms with van der Waals surface area (Å²) >= 11 is 0. The van der Waals surface area contributed by atoms with Crippen LogP contribution >= 0.6 is 0 Å². The quantitative estimate of drug-likeness (QED) is 0.603. The molecule has 0 amide bonds. The molecular weight excluding hydrogens is 342 g/mol. The number of carbonyl (C=O) groups is 1. The van der Waals surface area contributed by atoms with E-state index in [1.807, 2.05) is 54.6 Å². The number of hydrogen-bond acceptors (Lipinski definition) is 5. The number of hydrogen-bond donors (Lipinski definition) is 0. The molecule has 0 N–H and O–H groups in total. The Morgan fingerprint density at radius 2 is 1.85 bits per heavy atom. The Labute approximate surface area is 157 Å². The van der Waals surface area contributed by atoms with Crippen molar-refractivity contribution in [2.24, 2.45) is 0 Å². The molecule has 3 aromatic rings. The second kappa shape index (κ2) is 7.27. The number of ether oxygens (including phenoxy) is 2. The summed E-state index contributed by atoms with van der Waals surface area (Å²) in [6, 6.07) is 17.3. The lowest BCUT2D eigenvalue weighted by Gasteiger charge is -2.39. The summed E-state index contributed by atoms with van der Waals surface area (Å²) in [4.78, 5) is 17.2. The van der Waals surface area contributed by atoms with Crippen LogP contribution in [0.25, 0.3) is 11.5 Å². The summed E-state index contributed by atoms with van der Waals surface area (Å²) in [5, 5.41) is 0. The van der Waals surface area contributed by atoms with Gasteiger partial charge in [0.05, 0.1) is 12.5 Å². The van der Waals surface area contributed by atoms with Gasteiger partial charge in [0, 0.05) is 5.56 Å². The topological polar surface area (TPSA) is 61.6 Å². The Bertz CT molecular complexity index is 911. The first kappa shape index (κ1) is 17.3. The van der Waals surface area contributed by atoms with Gasteiger partial charge in [0.2, 0.25) is 5.89 Å². The number of methoxy groups -OCH3 is 1. The van der Waals surface area contributed by atoms with Crippen LogP contribution in [0, 0.1) is 0 Å². The summed E-state index contributed by atoms with van der Waals surface area (Å²) in [5.74, 6) is 1.07. The van der Waals surface area contributed by atoms with E-state index < -0.39 is 5.41 Å². The van der Waals surface area contributed by atoms with E-state index >= 15 is 0 Å². The van der Waals surface area contributed by atoms with E-state index in [0.29, 0.717) is 11.6 Å². The molecule has 0 bridgehead atoms. The van der Waals surface area contributed by atoms with E-state index in [-0.39, 0.29) is 12.6 Å². The lowest BCUT2D eigenvalue weighted by molar-refractivity contribution is -0.156. The minimum Gasteiger partial charge on any atom is -0.497 e. The molecule has 1 heterocycles. The number of rotatable bonds is 6. The minimum absolute atomic E-state index is 0.104. The van der Waals surface area contributed by atoms with Gasteiger partial charge in [-0.2, -0.15) is 0 Å². The number of nitrogens with zero attached hydrogens (tertiary/aromatic N) is 1. The molecule has 0 saturated heterocycles. The average molecular weight is 363 g/mol. The standard InChI is InChI=1S/C22H21NO4/c1-25-19-10-8-16(9-11-19)20-23-18(14-26-20)15-27-21(24)22(12-5-13-22)17-6-3-2-4-7-17/h2-4,6-11,14H,5,12-13,15H2,1H3. The molecule has 4 rings (SSSR count). The Morgan fingerprint density at radius 3 is 2.48 bits per heavy atom. The summed E-state index contributed by atoms with van der Waals surface area (Å²) in [7, 11) is 1.62. The van der Waals surface area contributed by atoms with Crippen LogP contribution in [-0.4, -0.2) is 18.1 Å². The van der Waals surface area contributed by atoms with Gasteiger partial charge in [0.15, 0.2) is 0 Å². The van der Waals surface area contributed by atoms with Crippen molar-refractivity contribution in [1.29, 1.82) is 0 Å². The highest BCUT2D eigenvalue weighted by molar-refractivity contribution is 5.84. The number of aromatic nitrogens is 1. The van der Waals surface area contributed by atoms with Gasteiger partial charge in [0.1, 0.15) is 24.3 Å². The van der Waals surface area contributed by atoms with E-state index in [4.69, 9.17) is 13.9 Å². The first-order chi connectivity index (χ1) is 13.2. The number of carbonyl (C=O) groups excluding carboxylic acids is 1. The molecule has 138 valence electrons. The summed E-state index contributed by atoms with van der Waals surface area (Å²) in [6.07, 6.45) is 4.22. The van der Waals surface area contributed by atoms with E-state index in [1.54, 1.807) is 7.11 Å². The first-order valence-electron chi connectivity index (χ1n) is 9.03. The highest BCUT2D eigenvalue weighted by Crippen LogP contribution is 2.44. The molecule has 0 atom stereocenters. The van der Waals surface area contributed by atoms with E-state index in [1.165, 1.54) is 6.26 Å². The van der Waals surface area contributed by atoms with Crippen LogP contribution in [0.1, 0.15) is 30.5 Å². The van der Waals surface area contributed by atoms with Crippen molar-refractivity contribution in [2.75, 3.05) is 7.11 Å². The number of benzene rings is 2. The third-order valence-corrected chi connectivity index (χ3v) is 5.16. The summed E-state index contributed by atoms with van der Waals surface area (Å²) in [5.41, 5.74) is 1.95. The molecular formula is C22H21NO4. The molecule has 5 heteroatoms. The smallest absolute Gasteiger partial charge is 0.316 e. The Kier molecular flexibility index (Phi) is 4.67. The predicted octanol–water partition coefficient (Wildman–Crippen LogP) is 4.52. The van der Waals surface area contributed by atoms with Crippen molar-refractivity contribution in [3.8, 4) is 17.2 Å². The third-order valence-electron chi connectivity index (χ3n) is 5.16. The zero-order chi connectivity index (χ0) is 18.7. The normalized spacial score (nSPS) is 15.0. The van der Waals surface area contributed by atoms with Gasteiger partial charge < -0.3 is 13.9 Å². The van der Waals surface area contributed by atoms with Crippen molar-refractivity contribution in [2.45, 2.75) is 31.3 Å². The van der Waals surface area contributed by atoms with Crippen LogP contribution in [0.15, 0.2) is 65.3 Å². The van der Waals surface area contributed by atoms with Gasteiger partial charge in [-0.15, -0.1) is 0 Å². The second-order valence-electron chi connectivity index (χ2n) is 6.75. The minimum atomic E-state index is -0.510. The second-order valence-corrected chi connectivity index (χ2v) is 6.75. The number of oxazole rings is 1. The molecule has 0 radical (unpaired) electrons. The van der Waals surface area contributed by atoms with Gasteiger partial charge in [-0.3, -0.25) is 4.79 Å². The fraction of sp³-hybridized carbons (Fsp3) is 0.273. The largest absolute Gasteiger partial charge is 0.497 e. The fourth-order valence-corrected chi connectivity index (χ4v) is 3.42. The molecule has 27 heavy (non-hydrogen) atoms. The van der Waals surface area contributed by atoms with Crippen LogP contribution in [-0.2, 0) is 21.6 Å². The SMILES string of the molecule is COc1ccc(-c2nc(COC(=O)C3(c4ccccc4)CCC3)co2)cc1.